The number of amides is 1. The van der Waals surface area contributed by atoms with Gasteiger partial charge in [-0.1, -0.05) is 78.9 Å². The molecule has 33 heavy (non-hydrogen) atoms. The minimum atomic E-state index is -0.0939. The van der Waals surface area contributed by atoms with Crippen molar-refractivity contribution in [1.82, 2.24) is 10.2 Å². The van der Waals surface area contributed by atoms with Gasteiger partial charge in [0.1, 0.15) is 0 Å². The van der Waals surface area contributed by atoms with E-state index in [9.17, 15) is 4.79 Å². The van der Waals surface area contributed by atoms with Crippen molar-refractivity contribution in [3.8, 4) is 11.1 Å². The van der Waals surface area contributed by atoms with Crippen molar-refractivity contribution in [3.63, 3.8) is 0 Å². The number of allylic oxidation sites excluding steroid dienone is 1. The highest BCUT2D eigenvalue weighted by Crippen LogP contribution is 2.46. The molecule has 0 aromatic heterocycles. The third-order valence-electron chi connectivity index (χ3n) is 7.93. The predicted octanol–water partition coefficient (Wildman–Crippen LogP) is 5.91. The summed E-state index contributed by atoms with van der Waals surface area (Å²) in [5, 5.41) is 3.49. The molecule has 1 amide bonds. The second-order valence-corrected chi connectivity index (χ2v) is 9.66. The number of hydrogen-bond donors (Lipinski definition) is 1. The van der Waals surface area contributed by atoms with Crippen LogP contribution in [0.4, 0.5) is 0 Å². The van der Waals surface area contributed by atoms with Crippen molar-refractivity contribution in [2.24, 2.45) is 0 Å². The van der Waals surface area contributed by atoms with Gasteiger partial charge < -0.3 is 10.2 Å². The average molecular weight is 435 g/mol. The second-order valence-electron chi connectivity index (χ2n) is 9.66. The Labute approximate surface area is 196 Å². The molecule has 3 aromatic rings. The summed E-state index contributed by atoms with van der Waals surface area (Å²) in [7, 11) is 0. The molecular weight excluding hydrogens is 404 g/mol. The molecule has 0 spiro atoms. The van der Waals surface area contributed by atoms with E-state index in [-0.39, 0.29) is 11.4 Å². The number of fused-ring (bicyclic) bond motifs is 4. The zero-order valence-corrected chi connectivity index (χ0v) is 19.0. The van der Waals surface area contributed by atoms with Gasteiger partial charge in [0.2, 0.25) is 0 Å². The lowest BCUT2D eigenvalue weighted by atomic mass is 9.82. The number of carbonyl (C=O) groups is 1. The van der Waals surface area contributed by atoms with E-state index in [1.54, 1.807) is 0 Å². The average Bonchev–Trinajstić information content (AvgIpc) is 3.38. The third-order valence-corrected chi connectivity index (χ3v) is 7.93. The first kappa shape index (κ1) is 20.4. The lowest BCUT2D eigenvalue weighted by molar-refractivity contribution is 0.0389. The fourth-order valence-corrected chi connectivity index (χ4v) is 6.16. The molecule has 0 radical (unpaired) electrons. The maximum atomic E-state index is 13.3. The highest BCUT2D eigenvalue weighted by Gasteiger charge is 2.43. The summed E-state index contributed by atoms with van der Waals surface area (Å²) in [6.07, 6.45) is 8.64. The highest BCUT2D eigenvalue weighted by atomic mass is 16.2. The molecule has 0 bridgehead atoms. The van der Waals surface area contributed by atoms with Crippen LogP contribution in [0.5, 0.6) is 0 Å². The van der Waals surface area contributed by atoms with Crippen molar-refractivity contribution < 1.29 is 4.79 Å². The second kappa shape index (κ2) is 8.31. The Morgan fingerprint density at radius 2 is 1.42 bits per heavy atom. The van der Waals surface area contributed by atoms with Gasteiger partial charge in [0.15, 0.2) is 0 Å². The predicted molar refractivity (Wildman–Crippen MR) is 133 cm³/mol. The molecule has 0 unspecified atom stereocenters. The third kappa shape index (κ3) is 3.43. The molecule has 0 atom stereocenters. The van der Waals surface area contributed by atoms with Crippen LogP contribution < -0.4 is 5.32 Å². The number of nitrogens with zero attached hydrogens (tertiary/aromatic N) is 1. The number of benzene rings is 3. The molecule has 1 saturated heterocycles. The van der Waals surface area contributed by atoms with Crippen molar-refractivity contribution in [2.75, 3.05) is 13.1 Å². The zero-order chi connectivity index (χ0) is 22.3. The maximum absolute atomic E-state index is 13.3. The van der Waals surface area contributed by atoms with E-state index >= 15 is 0 Å². The Hall–Kier alpha value is -3.17. The standard InChI is InChI=1S/C30H30N2O/c33-29-23-10-2-1-9-22(23)21-32(29)30(17-19-31-20-18-30)16-8-7-15-28-26-13-5-3-11-24(26)25-12-4-6-14-27(25)28/h1-14,28,31H,15-21H2. The summed E-state index contributed by atoms with van der Waals surface area (Å²) in [4.78, 5) is 15.5. The van der Waals surface area contributed by atoms with Crippen LogP contribution in [0.3, 0.4) is 0 Å². The molecular formula is C30H30N2O. The van der Waals surface area contributed by atoms with Gasteiger partial charge in [-0.15, -0.1) is 0 Å². The van der Waals surface area contributed by atoms with Crippen molar-refractivity contribution >= 4 is 5.91 Å². The van der Waals surface area contributed by atoms with Crippen LogP contribution in [-0.4, -0.2) is 29.4 Å². The molecule has 3 heteroatoms. The topological polar surface area (TPSA) is 32.3 Å². The van der Waals surface area contributed by atoms with Crippen LogP contribution in [0.15, 0.2) is 84.9 Å². The number of nitrogens with one attached hydrogen (secondary N) is 1. The van der Waals surface area contributed by atoms with E-state index in [0.717, 1.165) is 50.9 Å². The molecule has 3 nitrogen and oxygen atoms in total. The highest BCUT2D eigenvalue weighted by molar-refractivity contribution is 5.98. The monoisotopic (exact) mass is 434 g/mol. The molecule has 166 valence electrons. The van der Waals surface area contributed by atoms with Crippen LogP contribution >= 0.6 is 0 Å². The van der Waals surface area contributed by atoms with Gasteiger partial charge in [-0.2, -0.15) is 0 Å². The molecule has 1 fully saturated rings. The first-order valence-electron chi connectivity index (χ1n) is 12.2. The SMILES string of the molecule is O=C1c2ccccc2CN1C1(CC=CCC2c3ccccc3-c3ccccc32)CCNCC1. The van der Waals surface area contributed by atoms with Crippen molar-refractivity contribution in [2.45, 2.75) is 43.7 Å². The Morgan fingerprint density at radius 1 is 0.818 bits per heavy atom. The summed E-state index contributed by atoms with van der Waals surface area (Å²) >= 11 is 0. The van der Waals surface area contributed by atoms with Crippen molar-refractivity contribution in [3.05, 3.63) is 107 Å². The zero-order valence-electron chi connectivity index (χ0n) is 19.0. The minimum absolute atomic E-state index is 0.0939. The summed E-state index contributed by atoms with van der Waals surface area (Å²) in [6, 6.07) is 25.8. The lowest BCUT2D eigenvalue weighted by Gasteiger charge is -2.44. The van der Waals surface area contributed by atoms with Crippen LogP contribution in [0, 0.1) is 0 Å². The summed E-state index contributed by atoms with van der Waals surface area (Å²) in [5.74, 6) is 0.620. The molecule has 6 rings (SSSR count). The van der Waals surface area contributed by atoms with Gasteiger partial charge in [0.25, 0.3) is 5.91 Å². The van der Waals surface area contributed by atoms with E-state index in [2.05, 4.69) is 77.0 Å². The van der Waals surface area contributed by atoms with Crippen molar-refractivity contribution in [1.29, 1.82) is 0 Å². The van der Waals surface area contributed by atoms with E-state index < -0.39 is 0 Å². The number of hydrogen-bond acceptors (Lipinski definition) is 2. The number of rotatable bonds is 5. The van der Waals surface area contributed by atoms with Crippen LogP contribution in [-0.2, 0) is 6.54 Å². The number of carbonyl (C=O) groups excluding carboxylic acids is 1. The van der Waals surface area contributed by atoms with Gasteiger partial charge in [0.05, 0.1) is 0 Å². The Bertz CT molecular complexity index is 1180. The summed E-state index contributed by atoms with van der Waals surface area (Å²) < 4.78 is 0. The number of piperidine rings is 1. The first-order chi connectivity index (χ1) is 16.3. The maximum Gasteiger partial charge on any atom is 0.254 e. The fourth-order valence-electron chi connectivity index (χ4n) is 6.16. The van der Waals surface area contributed by atoms with Gasteiger partial charge in [0, 0.05) is 23.6 Å². The Balaban J connectivity index is 1.23. The van der Waals surface area contributed by atoms with Crippen LogP contribution in [0.25, 0.3) is 11.1 Å². The van der Waals surface area contributed by atoms with E-state index in [4.69, 9.17) is 0 Å². The van der Waals surface area contributed by atoms with Gasteiger partial charge in [-0.25, -0.2) is 0 Å². The minimum Gasteiger partial charge on any atom is -0.328 e. The van der Waals surface area contributed by atoms with Gasteiger partial charge in [-0.05, 0) is 72.7 Å². The molecule has 3 aliphatic rings. The van der Waals surface area contributed by atoms with E-state index in [1.165, 1.54) is 27.8 Å². The quantitative estimate of drug-likeness (QED) is 0.506. The van der Waals surface area contributed by atoms with Crippen LogP contribution in [0.1, 0.15) is 58.6 Å². The van der Waals surface area contributed by atoms with E-state index in [1.807, 2.05) is 18.2 Å². The molecule has 1 N–H and O–H groups in total. The Morgan fingerprint density at radius 3 is 2.09 bits per heavy atom. The largest absolute Gasteiger partial charge is 0.328 e. The summed E-state index contributed by atoms with van der Waals surface area (Å²) in [6.45, 7) is 2.68. The molecule has 3 aromatic carbocycles. The van der Waals surface area contributed by atoms with Crippen LogP contribution in [0.2, 0.25) is 0 Å². The fraction of sp³-hybridized carbons (Fsp3) is 0.300. The lowest BCUT2D eigenvalue weighted by Crippen LogP contribution is -2.54. The smallest absolute Gasteiger partial charge is 0.254 e. The first-order valence-corrected chi connectivity index (χ1v) is 12.2. The molecule has 1 aliphatic carbocycles. The van der Waals surface area contributed by atoms with Gasteiger partial charge in [-0.3, -0.25) is 4.79 Å². The normalized spacial score (nSPS) is 19.0. The van der Waals surface area contributed by atoms with Gasteiger partial charge >= 0.3 is 0 Å². The Kier molecular flexibility index (Phi) is 5.15. The molecule has 0 saturated carbocycles. The molecule has 2 heterocycles. The molecule has 2 aliphatic heterocycles. The van der Waals surface area contributed by atoms with E-state index in [0.29, 0.717) is 5.92 Å². The summed E-state index contributed by atoms with van der Waals surface area (Å²) in [5.41, 5.74) is 7.59.